The Kier molecular flexibility index (Phi) is 4.85. The van der Waals surface area contributed by atoms with Crippen molar-refractivity contribution in [3.05, 3.63) is 11.4 Å². The smallest absolute Gasteiger partial charge is 0.305 e. The molecule has 0 aliphatic heterocycles. The number of H-pyrrole nitrogens is 1. The van der Waals surface area contributed by atoms with E-state index in [1.807, 2.05) is 0 Å². The van der Waals surface area contributed by atoms with Gasteiger partial charge < -0.3 is 4.74 Å². The van der Waals surface area contributed by atoms with Crippen LogP contribution in [-0.4, -0.2) is 38.2 Å². The summed E-state index contributed by atoms with van der Waals surface area (Å²) in [6, 6.07) is 0. The fourth-order valence-corrected chi connectivity index (χ4v) is 2.99. The minimum absolute atomic E-state index is 0.167. The molecule has 1 rings (SSSR count). The van der Waals surface area contributed by atoms with E-state index in [4.69, 9.17) is 0 Å². The number of esters is 1. The molecular formula is C10H17N3O4S. The summed E-state index contributed by atoms with van der Waals surface area (Å²) in [5, 5.41) is 6.45. The van der Waals surface area contributed by atoms with Crippen LogP contribution in [0.5, 0.6) is 0 Å². The van der Waals surface area contributed by atoms with Gasteiger partial charge in [-0.1, -0.05) is 0 Å². The lowest BCUT2D eigenvalue weighted by molar-refractivity contribution is -0.140. The maximum absolute atomic E-state index is 12.0. The first-order chi connectivity index (χ1) is 8.38. The second-order valence-corrected chi connectivity index (χ2v) is 5.54. The normalized spacial score (nSPS) is 11.5. The zero-order valence-corrected chi connectivity index (χ0v) is 11.4. The molecule has 18 heavy (non-hydrogen) atoms. The Balaban J connectivity index is 2.59. The maximum Gasteiger partial charge on any atom is 0.305 e. The highest BCUT2D eigenvalue weighted by Crippen LogP contribution is 2.15. The number of sulfonamides is 1. The Hall–Kier alpha value is -1.41. The number of carbonyl (C=O) groups excluding carboxylic acids is 1. The summed E-state index contributed by atoms with van der Waals surface area (Å²) in [5.74, 6) is -0.357. The fourth-order valence-electron chi connectivity index (χ4n) is 1.55. The van der Waals surface area contributed by atoms with Crippen LogP contribution in [0, 0.1) is 13.8 Å². The van der Waals surface area contributed by atoms with Crippen LogP contribution in [0.15, 0.2) is 4.90 Å². The number of nitrogens with zero attached hydrogens (tertiary/aromatic N) is 1. The molecule has 0 spiro atoms. The summed E-state index contributed by atoms with van der Waals surface area (Å²) < 4.78 is 30.8. The van der Waals surface area contributed by atoms with Gasteiger partial charge in [-0.3, -0.25) is 9.89 Å². The van der Waals surface area contributed by atoms with Crippen molar-refractivity contribution >= 4 is 16.0 Å². The van der Waals surface area contributed by atoms with E-state index in [1.165, 1.54) is 7.11 Å². The van der Waals surface area contributed by atoms with Crippen molar-refractivity contribution in [3.63, 3.8) is 0 Å². The molecule has 0 atom stereocenters. The molecule has 0 aromatic carbocycles. The molecule has 0 amide bonds. The Morgan fingerprint density at radius 1 is 1.44 bits per heavy atom. The number of aromatic nitrogens is 2. The van der Waals surface area contributed by atoms with Crippen molar-refractivity contribution in [2.45, 2.75) is 31.6 Å². The highest BCUT2D eigenvalue weighted by Gasteiger charge is 2.21. The summed E-state index contributed by atoms with van der Waals surface area (Å²) >= 11 is 0. The highest BCUT2D eigenvalue weighted by atomic mass is 32.2. The van der Waals surface area contributed by atoms with E-state index in [2.05, 4.69) is 19.7 Å². The lowest BCUT2D eigenvalue weighted by Gasteiger charge is -2.06. The number of methoxy groups -OCH3 is 1. The van der Waals surface area contributed by atoms with Crippen molar-refractivity contribution in [1.29, 1.82) is 0 Å². The Morgan fingerprint density at radius 2 is 2.11 bits per heavy atom. The van der Waals surface area contributed by atoms with Crippen LogP contribution in [0.4, 0.5) is 0 Å². The Bertz CT molecular complexity index is 502. The molecule has 1 aromatic rings. The third kappa shape index (κ3) is 3.54. The molecule has 0 fully saturated rings. The number of aryl methyl sites for hydroxylation is 2. The molecule has 2 N–H and O–H groups in total. The predicted molar refractivity (Wildman–Crippen MR) is 64.5 cm³/mol. The van der Waals surface area contributed by atoms with Gasteiger partial charge in [-0.25, -0.2) is 13.1 Å². The number of aromatic amines is 1. The lowest BCUT2D eigenvalue weighted by Crippen LogP contribution is -2.26. The van der Waals surface area contributed by atoms with Gasteiger partial charge in [0.1, 0.15) is 4.90 Å². The second kappa shape index (κ2) is 5.96. The largest absolute Gasteiger partial charge is 0.469 e. The van der Waals surface area contributed by atoms with Gasteiger partial charge in [0.15, 0.2) is 0 Å². The van der Waals surface area contributed by atoms with Crippen LogP contribution in [0.25, 0.3) is 0 Å². The van der Waals surface area contributed by atoms with Gasteiger partial charge in [-0.15, -0.1) is 0 Å². The number of rotatable bonds is 6. The van der Waals surface area contributed by atoms with Crippen LogP contribution in [0.2, 0.25) is 0 Å². The molecule has 0 aliphatic rings. The molecule has 1 heterocycles. The zero-order chi connectivity index (χ0) is 13.8. The number of nitrogens with one attached hydrogen (secondary N) is 2. The van der Waals surface area contributed by atoms with E-state index in [1.54, 1.807) is 13.8 Å². The molecule has 0 bridgehead atoms. The van der Waals surface area contributed by atoms with Crippen molar-refractivity contribution in [2.75, 3.05) is 13.7 Å². The minimum Gasteiger partial charge on any atom is -0.469 e. The summed E-state index contributed by atoms with van der Waals surface area (Å²) in [7, 11) is -2.28. The number of hydrogen-bond acceptors (Lipinski definition) is 5. The zero-order valence-electron chi connectivity index (χ0n) is 10.6. The third-order valence-electron chi connectivity index (χ3n) is 2.41. The topological polar surface area (TPSA) is 101 Å². The van der Waals surface area contributed by atoms with Crippen molar-refractivity contribution in [2.24, 2.45) is 0 Å². The Labute approximate surface area is 106 Å². The summed E-state index contributed by atoms with van der Waals surface area (Å²) in [6.45, 7) is 3.44. The molecule has 0 radical (unpaired) electrons. The standard InChI is InChI=1S/C10H17N3O4S/c1-7-10(8(2)13-12-7)18(15,16)11-6-4-5-9(14)17-3/h11H,4-6H2,1-3H3,(H,12,13). The fraction of sp³-hybridized carbons (Fsp3) is 0.600. The molecule has 0 saturated heterocycles. The first-order valence-corrected chi connectivity index (χ1v) is 6.95. The van der Waals surface area contributed by atoms with Crippen LogP contribution in [0.1, 0.15) is 24.2 Å². The molecule has 0 saturated carbocycles. The molecule has 102 valence electrons. The van der Waals surface area contributed by atoms with Gasteiger partial charge in [0.2, 0.25) is 10.0 Å². The van der Waals surface area contributed by atoms with Gasteiger partial charge in [0.05, 0.1) is 18.5 Å². The second-order valence-electron chi connectivity index (χ2n) is 3.84. The van der Waals surface area contributed by atoms with Crippen LogP contribution < -0.4 is 4.72 Å². The van der Waals surface area contributed by atoms with E-state index in [0.29, 0.717) is 17.8 Å². The Morgan fingerprint density at radius 3 is 2.61 bits per heavy atom. The van der Waals surface area contributed by atoms with E-state index >= 15 is 0 Å². The molecule has 0 unspecified atom stereocenters. The number of carbonyl (C=O) groups is 1. The molecule has 0 aliphatic carbocycles. The van der Waals surface area contributed by atoms with E-state index < -0.39 is 10.0 Å². The van der Waals surface area contributed by atoms with Gasteiger partial charge >= 0.3 is 5.97 Å². The van der Waals surface area contributed by atoms with Crippen molar-refractivity contribution in [1.82, 2.24) is 14.9 Å². The first-order valence-electron chi connectivity index (χ1n) is 5.46. The minimum atomic E-state index is -3.58. The average molecular weight is 275 g/mol. The summed E-state index contributed by atoms with van der Waals surface area (Å²) in [5.41, 5.74) is 0.918. The molecule has 1 aromatic heterocycles. The van der Waals surface area contributed by atoms with Crippen LogP contribution in [0.3, 0.4) is 0 Å². The van der Waals surface area contributed by atoms with Gasteiger partial charge in [-0.05, 0) is 20.3 Å². The van der Waals surface area contributed by atoms with Crippen LogP contribution >= 0.6 is 0 Å². The lowest BCUT2D eigenvalue weighted by atomic mass is 10.3. The van der Waals surface area contributed by atoms with E-state index in [9.17, 15) is 13.2 Å². The number of hydrogen-bond donors (Lipinski definition) is 2. The molecular weight excluding hydrogens is 258 g/mol. The van der Waals surface area contributed by atoms with Gasteiger partial charge in [0, 0.05) is 13.0 Å². The number of ether oxygens (including phenoxy) is 1. The molecule has 8 heteroatoms. The quantitative estimate of drug-likeness (QED) is 0.573. The summed E-state index contributed by atoms with van der Waals surface area (Å²) in [6.07, 6.45) is 0.574. The monoisotopic (exact) mass is 275 g/mol. The summed E-state index contributed by atoms with van der Waals surface area (Å²) in [4.78, 5) is 11.0. The third-order valence-corrected chi connectivity index (χ3v) is 4.13. The SMILES string of the molecule is COC(=O)CCCNS(=O)(=O)c1c(C)n[nH]c1C. The maximum atomic E-state index is 12.0. The highest BCUT2D eigenvalue weighted by molar-refractivity contribution is 7.89. The van der Waals surface area contributed by atoms with Crippen molar-refractivity contribution < 1.29 is 17.9 Å². The predicted octanol–water partition coefficient (Wildman–Crippen LogP) is 0.258. The average Bonchev–Trinajstić information content (AvgIpc) is 2.64. The van der Waals surface area contributed by atoms with E-state index in [-0.39, 0.29) is 23.8 Å². The van der Waals surface area contributed by atoms with Crippen molar-refractivity contribution in [3.8, 4) is 0 Å². The van der Waals surface area contributed by atoms with Gasteiger partial charge in [-0.2, -0.15) is 5.10 Å². The molecule has 7 nitrogen and oxygen atoms in total. The first kappa shape index (κ1) is 14.7. The van der Waals surface area contributed by atoms with Gasteiger partial charge in [0.25, 0.3) is 0 Å². The van der Waals surface area contributed by atoms with E-state index in [0.717, 1.165) is 0 Å². The van der Waals surface area contributed by atoms with Crippen LogP contribution in [-0.2, 0) is 19.6 Å².